The van der Waals surface area contributed by atoms with Crippen molar-refractivity contribution in [1.29, 1.82) is 0 Å². The van der Waals surface area contributed by atoms with Gasteiger partial charge in [-0.3, -0.25) is 0 Å². The van der Waals surface area contributed by atoms with Crippen molar-refractivity contribution in [2.45, 2.75) is 0 Å². The summed E-state index contributed by atoms with van der Waals surface area (Å²) in [5.74, 6) is 0. The molecule has 0 aromatic heterocycles. The van der Waals surface area contributed by atoms with Crippen molar-refractivity contribution in [2.75, 3.05) is 0 Å². The van der Waals surface area contributed by atoms with Gasteiger partial charge >= 0.3 is 23.1 Å². The van der Waals surface area contributed by atoms with Gasteiger partial charge in [-0.2, -0.15) is 0 Å². The fourth-order valence-electron chi connectivity index (χ4n) is 0. The molecule has 56 valence electrons. The third-order valence-corrected chi connectivity index (χ3v) is 0. The molecule has 0 radical (unpaired) electrons. The Hall–Kier alpha value is 0.486. The Morgan fingerprint density at radius 3 is 0.375 bits per heavy atom. The quantitative estimate of drug-likeness (QED) is 0.450. The van der Waals surface area contributed by atoms with Gasteiger partial charge in [0.25, 0.3) is 0 Å². The summed E-state index contributed by atoms with van der Waals surface area (Å²) in [5.41, 5.74) is 0. The van der Waals surface area contributed by atoms with Crippen LogP contribution in [0.2, 0.25) is 0 Å². The summed E-state index contributed by atoms with van der Waals surface area (Å²) in [6, 6.07) is 0. The molecule has 0 spiro atoms. The average Bonchev–Trinajstić information content (AvgIpc) is 0. The number of hydrogen-bond donors (Lipinski definition) is 0. The van der Waals surface area contributed by atoms with Crippen molar-refractivity contribution in [3.63, 3.8) is 0 Å². The summed E-state index contributed by atoms with van der Waals surface area (Å²) in [6.45, 7) is 0. The molecule has 8 heteroatoms. The van der Waals surface area contributed by atoms with Crippen LogP contribution in [0, 0.1) is 0 Å². The molecule has 0 aliphatic carbocycles. The number of rotatable bonds is 0. The number of hydrogen-bond acceptors (Lipinski definition) is 4. The Bertz CT molecular complexity index is 11.2. The van der Waals surface area contributed by atoms with E-state index < -0.39 is 0 Å². The fourth-order valence-corrected chi connectivity index (χ4v) is 0. The van der Waals surface area contributed by atoms with Crippen LogP contribution in [-0.2, 0) is 0 Å². The van der Waals surface area contributed by atoms with Crippen molar-refractivity contribution >= 4 is 23.1 Å². The molecule has 7 nitrogen and oxygen atoms in total. The van der Waals surface area contributed by atoms with Crippen LogP contribution in [0.25, 0.3) is 18.5 Å². The van der Waals surface area contributed by atoms with Gasteiger partial charge in [0.1, 0.15) is 0 Å². The monoisotopic (exact) mass is 140 g/mol. The van der Waals surface area contributed by atoms with Gasteiger partial charge in [-0.05, 0) is 0 Å². The minimum absolute atomic E-state index is 0. The van der Waals surface area contributed by atoms with Gasteiger partial charge in [0, 0.05) is 0 Å². The topological polar surface area (TPSA) is 220 Å². The molecule has 0 unspecified atom stereocenters. The maximum atomic E-state index is 0. The van der Waals surface area contributed by atoms with E-state index in [-0.39, 0.29) is 63.4 Å². The first-order valence-electron chi connectivity index (χ1n) is 0. The van der Waals surface area contributed by atoms with Gasteiger partial charge in [-0.1, -0.05) is 0 Å². The first-order valence-corrected chi connectivity index (χ1v) is 0. The van der Waals surface area contributed by atoms with Crippen LogP contribution in [0.1, 0.15) is 0 Å². The van der Waals surface area contributed by atoms with E-state index in [1.807, 2.05) is 0 Å². The molecule has 0 rings (SSSR count). The zero-order chi connectivity index (χ0) is 0. The molecule has 0 heterocycles. The summed E-state index contributed by atoms with van der Waals surface area (Å²) in [6.07, 6.45) is 0. The molecule has 0 atom stereocenters. The zero-order valence-electron chi connectivity index (χ0n) is 4.23. The summed E-state index contributed by atoms with van der Waals surface area (Å²) < 4.78 is 0. The molecule has 0 amide bonds. The first-order chi connectivity index (χ1) is 0. The predicted molar refractivity (Wildman–Crippen MR) is 29.4 cm³/mol. The minimum Gasteiger partial charge on any atom is -0.870 e. The molecule has 0 saturated heterocycles. The molecular formula is H10MgN3O4-5. The van der Waals surface area contributed by atoms with Gasteiger partial charge in [0.2, 0.25) is 0 Å². The number of nitrogens with two attached hydrogens (primary N) is 3. The average molecular weight is 140 g/mol. The van der Waals surface area contributed by atoms with Crippen molar-refractivity contribution in [2.24, 2.45) is 0 Å². The molecule has 0 fully saturated rings. The van der Waals surface area contributed by atoms with Crippen LogP contribution in [0.3, 0.4) is 0 Å². The van der Waals surface area contributed by atoms with E-state index in [0.717, 1.165) is 0 Å². The van der Waals surface area contributed by atoms with Crippen LogP contribution in [0.5, 0.6) is 0 Å². The Balaban J connectivity index is 0. The van der Waals surface area contributed by atoms with E-state index in [1.54, 1.807) is 0 Å². The summed E-state index contributed by atoms with van der Waals surface area (Å²) in [7, 11) is 0. The molecular weight excluding hydrogens is 130 g/mol. The SMILES string of the molecule is [Mg+2].[NH2-].[NH2-].[NH2-].[OH-].[OH-].[OH-].[OH-]. The van der Waals surface area contributed by atoms with E-state index in [0.29, 0.717) is 0 Å². The van der Waals surface area contributed by atoms with Crippen molar-refractivity contribution in [1.82, 2.24) is 0 Å². The summed E-state index contributed by atoms with van der Waals surface area (Å²) >= 11 is 0. The molecule has 0 aromatic rings. The Morgan fingerprint density at radius 2 is 0.375 bits per heavy atom. The maximum Gasteiger partial charge on any atom is 2.00 e. The fraction of sp³-hybridized carbons (Fsp3) is 0. The van der Waals surface area contributed by atoms with Gasteiger partial charge in [0.15, 0.2) is 0 Å². The van der Waals surface area contributed by atoms with Crippen LogP contribution in [0.15, 0.2) is 0 Å². The Morgan fingerprint density at radius 1 is 0.375 bits per heavy atom. The molecule has 0 bridgehead atoms. The van der Waals surface area contributed by atoms with E-state index in [2.05, 4.69) is 0 Å². The second-order valence-electron chi connectivity index (χ2n) is 0. The zero-order valence-corrected chi connectivity index (χ0v) is 5.64. The Kier molecular flexibility index (Phi) is 335000. The molecule has 8 heavy (non-hydrogen) atoms. The van der Waals surface area contributed by atoms with Gasteiger partial charge in [-0.15, -0.1) is 0 Å². The van der Waals surface area contributed by atoms with Gasteiger partial charge in [-0.25, -0.2) is 0 Å². The van der Waals surface area contributed by atoms with Crippen molar-refractivity contribution < 1.29 is 21.9 Å². The molecule has 0 aliphatic heterocycles. The van der Waals surface area contributed by atoms with E-state index in [9.17, 15) is 0 Å². The summed E-state index contributed by atoms with van der Waals surface area (Å²) in [5, 5.41) is 0. The molecule has 0 aliphatic rings. The first kappa shape index (κ1) is 2010. The summed E-state index contributed by atoms with van der Waals surface area (Å²) in [4.78, 5) is 0. The minimum atomic E-state index is 0. The van der Waals surface area contributed by atoms with E-state index >= 15 is 0 Å². The standard InChI is InChI=1S/Mg.3H2N.4H2O/h;7*1H2/q+2;3*-1;;;;/p-4. The van der Waals surface area contributed by atoms with Crippen LogP contribution in [0.4, 0.5) is 0 Å². The van der Waals surface area contributed by atoms with Crippen molar-refractivity contribution in [3.05, 3.63) is 18.5 Å². The smallest absolute Gasteiger partial charge is 0.870 e. The molecule has 0 saturated carbocycles. The Labute approximate surface area is 64.0 Å². The van der Waals surface area contributed by atoms with Gasteiger partial charge in [0.05, 0.1) is 0 Å². The molecule has 0 aromatic carbocycles. The largest absolute Gasteiger partial charge is 2.00 e. The van der Waals surface area contributed by atoms with Crippen LogP contribution < -0.4 is 0 Å². The van der Waals surface area contributed by atoms with E-state index in [1.165, 1.54) is 0 Å². The third kappa shape index (κ3) is 826. The van der Waals surface area contributed by atoms with Crippen LogP contribution >= 0.6 is 0 Å². The van der Waals surface area contributed by atoms with Crippen LogP contribution in [-0.4, -0.2) is 45.0 Å². The maximum absolute atomic E-state index is 0. The second-order valence-corrected chi connectivity index (χ2v) is 0. The van der Waals surface area contributed by atoms with Crippen molar-refractivity contribution in [3.8, 4) is 0 Å². The van der Waals surface area contributed by atoms with E-state index in [4.69, 9.17) is 0 Å². The van der Waals surface area contributed by atoms with Gasteiger partial charge < -0.3 is 40.4 Å². The predicted octanol–water partition coefficient (Wildman–Crippen LogP) is 1.06. The third-order valence-electron chi connectivity index (χ3n) is 0. The normalized spacial score (nSPS) is 0. The molecule has 10 N–H and O–H groups in total. The second kappa shape index (κ2) is 1330.